The van der Waals surface area contributed by atoms with Crippen molar-refractivity contribution in [2.75, 3.05) is 4.90 Å². The van der Waals surface area contributed by atoms with Crippen LogP contribution in [0.1, 0.15) is 0 Å². The predicted molar refractivity (Wildman–Crippen MR) is 237 cm³/mol. The normalized spacial score (nSPS) is 11.9. The molecule has 3 heterocycles. The number of furan rings is 2. The minimum atomic E-state index is 0.904. The standard InChI is InChI=1S/C53H32N2O2/c1-3-9-50-45(7-1)47-25-19-38-30-41(23-27-43(38)52(47)56-50)55(42-24-28-44-39(31-42)20-26-48-46-8-2-4-10-51(46)57-53(44)48)40-21-17-34(18-22-40)33-11-13-35(14-12-33)37-16-15-36-6-5-29-54-49(36)32-37/h1-32H. The molecule has 12 rings (SSSR count). The Morgan fingerprint density at radius 3 is 1.40 bits per heavy atom. The van der Waals surface area contributed by atoms with Gasteiger partial charge in [-0.15, -0.1) is 0 Å². The van der Waals surface area contributed by atoms with Crippen LogP contribution in [-0.2, 0) is 0 Å². The topological polar surface area (TPSA) is 42.4 Å². The Bertz CT molecular complexity index is 3370. The van der Waals surface area contributed by atoms with E-state index < -0.39 is 0 Å². The van der Waals surface area contributed by atoms with Crippen molar-refractivity contribution in [1.29, 1.82) is 0 Å². The summed E-state index contributed by atoms with van der Waals surface area (Å²) in [6.07, 6.45) is 1.85. The van der Waals surface area contributed by atoms with Gasteiger partial charge in [-0.2, -0.15) is 0 Å². The van der Waals surface area contributed by atoms with Crippen LogP contribution in [0.4, 0.5) is 17.1 Å². The van der Waals surface area contributed by atoms with Gasteiger partial charge in [0.05, 0.1) is 5.52 Å². The number of anilines is 3. The zero-order chi connectivity index (χ0) is 37.5. The molecule has 0 radical (unpaired) electrons. The molecule has 4 heteroatoms. The van der Waals surface area contributed by atoms with Crippen LogP contribution in [0.25, 0.3) is 98.6 Å². The third kappa shape index (κ3) is 5.12. The van der Waals surface area contributed by atoms with Gasteiger partial charge in [-0.25, -0.2) is 0 Å². The van der Waals surface area contributed by atoms with Gasteiger partial charge in [0.15, 0.2) is 0 Å². The molecule has 0 aliphatic carbocycles. The fraction of sp³-hybridized carbons (Fsp3) is 0. The lowest BCUT2D eigenvalue weighted by Crippen LogP contribution is -2.10. The Balaban J connectivity index is 0.957. The highest BCUT2D eigenvalue weighted by Crippen LogP contribution is 2.42. The van der Waals surface area contributed by atoms with E-state index in [1.165, 1.54) is 5.56 Å². The summed E-state index contributed by atoms with van der Waals surface area (Å²) in [5, 5.41) is 10.1. The maximum absolute atomic E-state index is 6.42. The summed E-state index contributed by atoms with van der Waals surface area (Å²) in [6, 6.07) is 66.8. The number of para-hydroxylation sites is 2. The highest BCUT2D eigenvalue weighted by molar-refractivity contribution is 6.17. The smallest absolute Gasteiger partial charge is 0.143 e. The highest BCUT2D eigenvalue weighted by atomic mass is 16.3. The van der Waals surface area contributed by atoms with Crippen LogP contribution in [-0.4, -0.2) is 4.98 Å². The van der Waals surface area contributed by atoms with Crippen molar-refractivity contribution in [3.8, 4) is 22.3 Å². The average molecular weight is 729 g/mol. The van der Waals surface area contributed by atoms with Gasteiger partial charge < -0.3 is 13.7 Å². The molecule has 0 saturated heterocycles. The second-order valence-electron chi connectivity index (χ2n) is 14.8. The Labute approximate surface area is 327 Å². The number of hydrogen-bond acceptors (Lipinski definition) is 4. The Kier molecular flexibility index (Phi) is 6.89. The van der Waals surface area contributed by atoms with Crippen molar-refractivity contribution >= 4 is 93.4 Å². The summed E-state index contributed by atoms with van der Waals surface area (Å²) in [5.74, 6) is 0. The molecule has 0 aliphatic rings. The first-order valence-corrected chi connectivity index (χ1v) is 19.3. The summed E-state index contributed by atoms with van der Waals surface area (Å²) in [7, 11) is 0. The number of aromatic nitrogens is 1. The molecule has 0 unspecified atom stereocenters. The van der Waals surface area contributed by atoms with Crippen LogP contribution in [0.15, 0.2) is 203 Å². The molecule has 9 aromatic carbocycles. The van der Waals surface area contributed by atoms with Crippen molar-refractivity contribution < 1.29 is 8.83 Å². The van der Waals surface area contributed by atoms with Gasteiger partial charge in [0.25, 0.3) is 0 Å². The summed E-state index contributed by atoms with van der Waals surface area (Å²) in [6.45, 7) is 0. The first-order chi connectivity index (χ1) is 28.2. The zero-order valence-corrected chi connectivity index (χ0v) is 30.7. The van der Waals surface area contributed by atoms with Crippen molar-refractivity contribution in [1.82, 2.24) is 4.98 Å². The first-order valence-electron chi connectivity index (χ1n) is 19.3. The number of nitrogens with zero attached hydrogens (tertiary/aromatic N) is 2. The van der Waals surface area contributed by atoms with Crippen molar-refractivity contribution in [3.05, 3.63) is 194 Å². The number of rotatable bonds is 5. The number of benzene rings is 9. The SMILES string of the molecule is c1cnc2cc(-c3ccc(-c4ccc(N(c5ccc6c(ccc7c8ccccc8oc67)c5)c5ccc6c(ccc7c8ccccc8oc67)c5)cc4)cc3)ccc2c1. The van der Waals surface area contributed by atoms with Gasteiger partial charge in [-0.05, 0) is 118 Å². The van der Waals surface area contributed by atoms with Gasteiger partial charge in [0, 0.05) is 61.0 Å². The lowest BCUT2D eigenvalue weighted by Gasteiger charge is -2.26. The summed E-state index contributed by atoms with van der Waals surface area (Å²) in [5.41, 5.74) is 12.5. The van der Waals surface area contributed by atoms with Gasteiger partial charge in [-0.3, -0.25) is 4.98 Å². The molecule has 0 fully saturated rings. The van der Waals surface area contributed by atoms with Crippen LogP contribution in [0.3, 0.4) is 0 Å². The lowest BCUT2D eigenvalue weighted by atomic mass is 9.99. The number of pyridine rings is 1. The summed E-state index contributed by atoms with van der Waals surface area (Å²) >= 11 is 0. The molecule has 0 saturated carbocycles. The van der Waals surface area contributed by atoms with E-state index in [4.69, 9.17) is 8.83 Å². The molecule has 57 heavy (non-hydrogen) atoms. The Morgan fingerprint density at radius 2 is 0.807 bits per heavy atom. The average Bonchev–Trinajstić information content (AvgIpc) is 3.86. The highest BCUT2D eigenvalue weighted by Gasteiger charge is 2.18. The summed E-state index contributed by atoms with van der Waals surface area (Å²) < 4.78 is 12.8. The third-order valence-corrected chi connectivity index (χ3v) is 11.5. The van der Waals surface area contributed by atoms with Crippen LogP contribution in [0.2, 0.25) is 0 Å². The molecule has 3 aromatic heterocycles. The van der Waals surface area contributed by atoms with E-state index in [1.54, 1.807) is 0 Å². The van der Waals surface area contributed by atoms with Gasteiger partial charge in [-0.1, -0.05) is 103 Å². The van der Waals surface area contributed by atoms with Crippen LogP contribution in [0, 0.1) is 0 Å². The first kappa shape index (κ1) is 31.6. The Hall–Kier alpha value is -7.69. The van der Waals surface area contributed by atoms with E-state index in [9.17, 15) is 0 Å². The number of hydrogen-bond donors (Lipinski definition) is 0. The largest absolute Gasteiger partial charge is 0.455 e. The zero-order valence-electron chi connectivity index (χ0n) is 30.7. The molecular weight excluding hydrogens is 697 g/mol. The molecule has 0 amide bonds. The Morgan fingerprint density at radius 1 is 0.333 bits per heavy atom. The monoisotopic (exact) mass is 728 g/mol. The van der Waals surface area contributed by atoms with E-state index in [2.05, 4.69) is 168 Å². The van der Waals surface area contributed by atoms with E-state index in [-0.39, 0.29) is 0 Å². The quantitative estimate of drug-likeness (QED) is 0.177. The molecule has 4 nitrogen and oxygen atoms in total. The van der Waals surface area contributed by atoms with Crippen LogP contribution < -0.4 is 4.90 Å². The van der Waals surface area contributed by atoms with E-state index in [1.807, 2.05) is 36.5 Å². The molecule has 0 N–H and O–H groups in total. The second-order valence-corrected chi connectivity index (χ2v) is 14.8. The van der Waals surface area contributed by atoms with Crippen molar-refractivity contribution in [2.24, 2.45) is 0 Å². The van der Waals surface area contributed by atoms with E-state index in [0.29, 0.717) is 0 Å². The summed E-state index contributed by atoms with van der Waals surface area (Å²) in [4.78, 5) is 6.89. The molecule has 0 aliphatic heterocycles. The maximum atomic E-state index is 6.42. The van der Waals surface area contributed by atoms with Crippen LogP contribution in [0.5, 0.6) is 0 Å². The van der Waals surface area contributed by atoms with E-state index >= 15 is 0 Å². The molecule has 12 aromatic rings. The number of fused-ring (bicyclic) bond motifs is 11. The third-order valence-electron chi connectivity index (χ3n) is 11.5. The van der Waals surface area contributed by atoms with Crippen LogP contribution >= 0.6 is 0 Å². The van der Waals surface area contributed by atoms with Crippen molar-refractivity contribution in [3.63, 3.8) is 0 Å². The minimum Gasteiger partial charge on any atom is -0.455 e. The second kappa shape index (κ2) is 12.4. The molecule has 0 spiro atoms. The lowest BCUT2D eigenvalue weighted by molar-refractivity contribution is 0.672. The molecule has 266 valence electrons. The van der Waals surface area contributed by atoms with Gasteiger partial charge >= 0.3 is 0 Å². The molecular formula is C53H32N2O2. The van der Waals surface area contributed by atoms with Gasteiger partial charge in [0.1, 0.15) is 22.3 Å². The minimum absolute atomic E-state index is 0.904. The fourth-order valence-corrected chi connectivity index (χ4v) is 8.63. The van der Waals surface area contributed by atoms with Crippen molar-refractivity contribution in [2.45, 2.75) is 0 Å². The van der Waals surface area contributed by atoms with E-state index in [0.717, 1.165) is 110 Å². The maximum Gasteiger partial charge on any atom is 0.143 e. The van der Waals surface area contributed by atoms with Gasteiger partial charge in [0.2, 0.25) is 0 Å². The molecule has 0 atom stereocenters. The fourth-order valence-electron chi connectivity index (χ4n) is 8.63. The predicted octanol–water partition coefficient (Wildman–Crippen LogP) is 15.1. The molecule has 0 bridgehead atoms.